The van der Waals surface area contributed by atoms with E-state index >= 15 is 0 Å². The highest BCUT2D eigenvalue weighted by atomic mass is 35.5. The van der Waals surface area contributed by atoms with Crippen molar-refractivity contribution in [2.24, 2.45) is 11.8 Å². The molecule has 4 bridgehead atoms. The highest BCUT2D eigenvalue weighted by molar-refractivity contribution is 6.37. The maximum atomic E-state index is 13.1. The van der Waals surface area contributed by atoms with Crippen LogP contribution in [0.5, 0.6) is 0 Å². The van der Waals surface area contributed by atoms with Crippen molar-refractivity contribution in [1.29, 1.82) is 0 Å². The molecule has 4 aromatic carbocycles. The van der Waals surface area contributed by atoms with Crippen molar-refractivity contribution in [3.8, 4) is 0 Å². The van der Waals surface area contributed by atoms with Gasteiger partial charge in [-0.3, -0.25) is 19.4 Å². The Morgan fingerprint density at radius 1 is 0.574 bits per heavy atom. The minimum atomic E-state index is -0.152. The molecular weight excluding hydrogens is 758 g/mol. The average molecular weight is 807 g/mol. The Morgan fingerprint density at radius 3 is 1.24 bits per heavy atom. The summed E-state index contributed by atoms with van der Waals surface area (Å²) in [5, 5.41) is 8.45. The summed E-state index contributed by atoms with van der Waals surface area (Å²) < 4.78 is 0. The fourth-order valence-electron chi connectivity index (χ4n) is 9.75. The van der Waals surface area contributed by atoms with E-state index in [2.05, 4.69) is 58.8 Å². The standard InChI is InChI=1S/2C22H24Cl2N2O/c2*1-26-14-15-9-11-22(26,12-10-15)20(16-5-3-2-4-6-16)25-21(27)18-8-7-17(23)13-19(18)24/h2*2-8,13,15,20H,9-12,14H2,1H3,(H,25,27)/t2*15?,20-,22?/m10/s1. The van der Waals surface area contributed by atoms with Crippen LogP contribution in [0, 0.1) is 11.8 Å². The van der Waals surface area contributed by atoms with Gasteiger partial charge in [0, 0.05) is 34.2 Å². The first-order valence-corrected chi connectivity index (χ1v) is 20.5. The second-order valence-corrected chi connectivity index (χ2v) is 17.4. The number of amides is 2. The number of nitrogens with zero attached hydrogens (tertiary/aromatic N) is 2. The van der Waals surface area contributed by atoms with E-state index in [1.54, 1.807) is 36.4 Å². The highest BCUT2D eigenvalue weighted by Gasteiger charge is 2.51. The minimum absolute atomic E-state index is 0.0509. The summed E-state index contributed by atoms with van der Waals surface area (Å²) >= 11 is 24.6. The maximum Gasteiger partial charge on any atom is 0.253 e. The van der Waals surface area contributed by atoms with Crippen molar-refractivity contribution in [3.63, 3.8) is 0 Å². The number of hydrogen-bond acceptors (Lipinski definition) is 4. The van der Waals surface area contributed by atoms with Crippen molar-refractivity contribution in [1.82, 2.24) is 20.4 Å². The van der Waals surface area contributed by atoms with Gasteiger partial charge in [-0.25, -0.2) is 0 Å². The van der Waals surface area contributed by atoms with E-state index in [9.17, 15) is 9.59 Å². The predicted octanol–water partition coefficient (Wildman–Crippen LogP) is 10.7. The molecule has 2 aliphatic carbocycles. The van der Waals surface area contributed by atoms with Crippen LogP contribution >= 0.6 is 46.4 Å². The van der Waals surface area contributed by atoms with Crippen molar-refractivity contribution in [2.45, 2.75) is 74.5 Å². The molecule has 2 saturated carbocycles. The Kier molecular flexibility index (Phi) is 12.0. The third-order valence-electron chi connectivity index (χ3n) is 12.8. The van der Waals surface area contributed by atoms with E-state index in [1.165, 1.54) is 25.7 Å². The van der Waals surface area contributed by atoms with Gasteiger partial charge in [0.1, 0.15) is 0 Å². The third-order valence-corrected chi connectivity index (χ3v) is 13.9. The predicted molar refractivity (Wildman–Crippen MR) is 221 cm³/mol. The largest absolute Gasteiger partial charge is 0.343 e. The van der Waals surface area contributed by atoms with E-state index in [4.69, 9.17) is 46.4 Å². The van der Waals surface area contributed by atoms with Gasteiger partial charge in [-0.05, 0) is 125 Å². The van der Waals surface area contributed by atoms with E-state index < -0.39 is 0 Å². The Bertz CT molecular complexity index is 1800. The molecule has 4 aliphatic heterocycles. The molecule has 4 heterocycles. The van der Waals surface area contributed by atoms with Crippen LogP contribution in [0.2, 0.25) is 20.1 Å². The van der Waals surface area contributed by atoms with Crippen LogP contribution in [0.1, 0.15) is 95.3 Å². The molecule has 0 spiro atoms. The second-order valence-electron chi connectivity index (χ2n) is 15.7. The number of nitrogens with one attached hydrogen (secondary N) is 2. The molecule has 2 amide bonds. The Morgan fingerprint density at radius 2 is 0.926 bits per heavy atom. The SMILES string of the molecule is CN1CC2CCC1([C@@H](NC(=O)c1ccc(Cl)cc1Cl)c1ccccc1)CC2.CN1CC2CCC1([C@H](NC(=O)c1ccc(Cl)cc1Cl)c1ccccc1)CC2. The summed E-state index contributed by atoms with van der Waals surface area (Å²) in [5.41, 5.74) is 3.11. The normalized spacial score (nSPS) is 26.0. The molecule has 0 aromatic heterocycles. The van der Waals surface area contributed by atoms with Crippen molar-refractivity contribution in [2.75, 3.05) is 27.2 Å². The molecule has 4 saturated heterocycles. The number of benzene rings is 4. The first-order chi connectivity index (χ1) is 26.0. The first kappa shape index (κ1) is 39.1. The summed E-state index contributed by atoms with van der Waals surface area (Å²) in [6.45, 7) is 2.20. The maximum absolute atomic E-state index is 13.1. The van der Waals surface area contributed by atoms with E-state index in [0.29, 0.717) is 31.2 Å². The quantitative estimate of drug-likeness (QED) is 0.186. The molecule has 2 atom stereocenters. The van der Waals surface area contributed by atoms with Crippen LogP contribution in [-0.2, 0) is 0 Å². The summed E-state index contributed by atoms with van der Waals surface area (Å²) in [6.07, 6.45) is 9.31. The first-order valence-electron chi connectivity index (χ1n) is 19.0. The van der Waals surface area contributed by atoms with Crippen LogP contribution in [-0.4, -0.2) is 59.9 Å². The van der Waals surface area contributed by atoms with Crippen LogP contribution in [0.15, 0.2) is 97.1 Å². The van der Waals surface area contributed by atoms with Crippen molar-refractivity contribution in [3.05, 3.63) is 139 Å². The molecule has 10 heteroatoms. The molecule has 6 aliphatic rings. The Labute approximate surface area is 339 Å². The third kappa shape index (κ3) is 7.94. The molecule has 6 fully saturated rings. The molecule has 10 rings (SSSR count). The van der Waals surface area contributed by atoms with Gasteiger partial charge in [-0.2, -0.15) is 0 Å². The van der Waals surface area contributed by atoms with Gasteiger partial charge in [0.05, 0.1) is 33.3 Å². The lowest BCUT2D eigenvalue weighted by molar-refractivity contribution is -0.0404. The Balaban J connectivity index is 0.000000167. The zero-order valence-corrected chi connectivity index (χ0v) is 33.9. The summed E-state index contributed by atoms with van der Waals surface area (Å²) in [6, 6.07) is 30.5. The number of hydrogen-bond donors (Lipinski definition) is 2. The number of fused-ring (bicyclic) bond motifs is 6. The van der Waals surface area contributed by atoms with Crippen LogP contribution in [0.3, 0.4) is 0 Å². The molecule has 0 radical (unpaired) electrons. The minimum Gasteiger partial charge on any atom is -0.343 e. The summed E-state index contributed by atoms with van der Waals surface area (Å²) in [5.74, 6) is 1.27. The molecule has 2 N–H and O–H groups in total. The van der Waals surface area contributed by atoms with Crippen molar-refractivity contribution >= 4 is 58.2 Å². The summed E-state index contributed by atoms with van der Waals surface area (Å²) in [4.78, 5) is 31.2. The van der Waals surface area contributed by atoms with E-state index in [-0.39, 0.29) is 35.0 Å². The van der Waals surface area contributed by atoms with Gasteiger partial charge in [0.2, 0.25) is 0 Å². The lowest BCUT2D eigenvalue weighted by atomic mass is 9.66. The number of piperidine rings is 4. The monoisotopic (exact) mass is 804 g/mol. The second kappa shape index (κ2) is 16.6. The molecule has 54 heavy (non-hydrogen) atoms. The fourth-order valence-corrected chi connectivity index (χ4v) is 10.7. The lowest BCUT2D eigenvalue weighted by Crippen LogP contribution is -2.62. The van der Waals surface area contributed by atoms with Crippen LogP contribution in [0.4, 0.5) is 0 Å². The zero-order chi connectivity index (χ0) is 38.0. The van der Waals surface area contributed by atoms with Crippen molar-refractivity contribution < 1.29 is 9.59 Å². The van der Waals surface area contributed by atoms with E-state index in [0.717, 1.165) is 61.7 Å². The topological polar surface area (TPSA) is 64.7 Å². The summed E-state index contributed by atoms with van der Waals surface area (Å²) in [7, 11) is 4.39. The van der Waals surface area contributed by atoms with Gasteiger partial charge in [-0.15, -0.1) is 0 Å². The molecule has 0 unspecified atom stereocenters. The van der Waals surface area contributed by atoms with Gasteiger partial charge >= 0.3 is 0 Å². The molecule has 284 valence electrons. The number of carbonyl (C=O) groups is 2. The van der Waals surface area contributed by atoms with Crippen LogP contribution < -0.4 is 10.6 Å². The average Bonchev–Trinajstić information content (AvgIpc) is 3.17. The number of carbonyl (C=O) groups excluding carboxylic acids is 2. The lowest BCUT2D eigenvalue weighted by Gasteiger charge is -2.57. The van der Waals surface area contributed by atoms with Gasteiger partial charge in [0.15, 0.2) is 0 Å². The van der Waals surface area contributed by atoms with Gasteiger partial charge in [0.25, 0.3) is 11.8 Å². The fraction of sp³-hybridized carbons (Fsp3) is 0.409. The molecule has 6 nitrogen and oxygen atoms in total. The molecule has 4 aromatic rings. The van der Waals surface area contributed by atoms with Gasteiger partial charge < -0.3 is 10.6 Å². The van der Waals surface area contributed by atoms with Gasteiger partial charge in [-0.1, -0.05) is 107 Å². The Hall–Kier alpha value is -3.10. The number of rotatable bonds is 8. The van der Waals surface area contributed by atoms with E-state index in [1.807, 2.05) is 36.4 Å². The number of halogens is 4. The van der Waals surface area contributed by atoms with Crippen LogP contribution in [0.25, 0.3) is 0 Å². The highest BCUT2D eigenvalue weighted by Crippen LogP contribution is 2.50. The zero-order valence-electron chi connectivity index (χ0n) is 30.8. The smallest absolute Gasteiger partial charge is 0.253 e. The molecular formula is C44H48Cl4N4O2. The number of likely N-dealkylation sites (N-methyl/N-ethyl adjacent to an activating group) is 2.